The smallest absolute Gasteiger partial charge is 0.123 e. The monoisotopic (exact) mass is 369 g/mol. The number of rotatable bonds is 4. The zero-order valence-electron chi connectivity index (χ0n) is 15.1. The van der Waals surface area contributed by atoms with Gasteiger partial charge < -0.3 is 4.74 Å². The Morgan fingerprint density at radius 3 is 2.32 bits per heavy atom. The van der Waals surface area contributed by atoms with Crippen LogP contribution in [0, 0.1) is 17.1 Å². The van der Waals surface area contributed by atoms with Gasteiger partial charge in [0.25, 0.3) is 0 Å². The molecule has 0 radical (unpaired) electrons. The van der Waals surface area contributed by atoms with Gasteiger partial charge in [0.15, 0.2) is 0 Å². The third-order valence-electron chi connectivity index (χ3n) is 4.46. The first-order valence-electron chi connectivity index (χ1n) is 8.69. The Labute approximate surface area is 162 Å². The summed E-state index contributed by atoms with van der Waals surface area (Å²) in [4.78, 5) is 0. The fourth-order valence-corrected chi connectivity index (χ4v) is 3.00. The molecule has 3 aromatic carbocycles. The number of hydrogen-bond donors (Lipinski definition) is 0. The highest BCUT2D eigenvalue weighted by atomic mass is 19.1. The molecule has 5 heteroatoms. The fourth-order valence-electron chi connectivity index (χ4n) is 3.00. The second-order valence-electron chi connectivity index (χ2n) is 6.22. The van der Waals surface area contributed by atoms with Crippen LogP contribution < -0.4 is 4.74 Å². The second kappa shape index (κ2) is 7.37. The standard InChI is InChI=1S/C23H16FN3O/c1-28-21-4-2-3-20(13-21)27-23(18-9-11-19(24)12-10-18)14-22(26-27)17-7-5-16(15-25)6-8-17/h2-14H,1H3. The van der Waals surface area contributed by atoms with E-state index in [9.17, 15) is 4.39 Å². The van der Waals surface area contributed by atoms with Crippen LogP contribution in [-0.2, 0) is 0 Å². The molecule has 0 amide bonds. The predicted octanol–water partition coefficient (Wildman–Crippen LogP) is 5.23. The third kappa shape index (κ3) is 3.36. The van der Waals surface area contributed by atoms with E-state index in [1.165, 1.54) is 12.1 Å². The van der Waals surface area contributed by atoms with Crippen LogP contribution in [-0.4, -0.2) is 16.9 Å². The minimum absolute atomic E-state index is 0.288. The summed E-state index contributed by atoms with van der Waals surface area (Å²) in [7, 11) is 1.62. The Morgan fingerprint density at radius 1 is 0.929 bits per heavy atom. The molecule has 0 saturated heterocycles. The molecule has 0 aliphatic rings. The molecule has 0 aliphatic carbocycles. The minimum Gasteiger partial charge on any atom is -0.497 e. The molecule has 136 valence electrons. The quantitative estimate of drug-likeness (QED) is 0.495. The highest BCUT2D eigenvalue weighted by Gasteiger charge is 2.14. The van der Waals surface area contributed by atoms with Crippen LogP contribution in [0.3, 0.4) is 0 Å². The summed E-state index contributed by atoms with van der Waals surface area (Å²) >= 11 is 0. The van der Waals surface area contributed by atoms with Crippen molar-refractivity contribution in [2.45, 2.75) is 0 Å². The summed E-state index contributed by atoms with van der Waals surface area (Å²) in [6.07, 6.45) is 0. The molecule has 0 saturated carbocycles. The molecule has 0 N–H and O–H groups in total. The van der Waals surface area contributed by atoms with E-state index in [2.05, 4.69) is 6.07 Å². The zero-order valence-corrected chi connectivity index (χ0v) is 15.1. The van der Waals surface area contributed by atoms with Crippen molar-refractivity contribution in [1.82, 2.24) is 9.78 Å². The normalized spacial score (nSPS) is 10.5. The maximum absolute atomic E-state index is 13.4. The van der Waals surface area contributed by atoms with Gasteiger partial charge in [-0.25, -0.2) is 9.07 Å². The highest BCUT2D eigenvalue weighted by Crippen LogP contribution is 2.30. The van der Waals surface area contributed by atoms with Crippen molar-refractivity contribution >= 4 is 0 Å². The number of methoxy groups -OCH3 is 1. The van der Waals surface area contributed by atoms with E-state index in [-0.39, 0.29) is 5.82 Å². The van der Waals surface area contributed by atoms with Crippen LogP contribution >= 0.6 is 0 Å². The number of ether oxygens (including phenoxy) is 1. The van der Waals surface area contributed by atoms with Crippen molar-refractivity contribution in [2.75, 3.05) is 7.11 Å². The summed E-state index contributed by atoms with van der Waals surface area (Å²) < 4.78 is 20.5. The lowest BCUT2D eigenvalue weighted by molar-refractivity contribution is 0.414. The van der Waals surface area contributed by atoms with Gasteiger partial charge in [0.2, 0.25) is 0 Å². The molecule has 0 unspecified atom stereocenters. The van der Waals surface area contributed by atoms with Gasteiger partial charge in [0.05, 0.1) is 35.8 Å². The van der Waals surface area contributed by atoms with Crippen LogP contribution in [0.5, 0.6) is 5.75 Å². The van der Waals surface area contributed by atoms with Crippen molar-refractivity contribution in [2.24, 2.45) is 0 Å². The number of nitrogens with zero attached hydrogens (tertiary/aromatic N) is 3. The molecule has 1 heterocycles. The van der Waals surface area contributed by atoms with Crippen molar-refractivity contribution < 1.29 is 9.13 Å². The Hall–Kier alpha value is -3.91. The van der Waals surface area contributed by atoms with Gasteiger partial charge in [-0.1, -0.05) is 18.2 Å². The first kappa shape index (κ1) is 17.5. The molecule has 4 rings (SSSR count). The van der Waals surface area contributed by atoms with Crippen molar-refractivity contribution in [3.63, 3.8) is 0 Å². The molecule has 4 nitrogen and oxygen atoms in total. The molecule has 4 aromatic rings. The van der Waals surface area contributed by atoms with E-state index in [1.54, 1.807) is 31.4 Å². The number of aromatic nitrogens is 2. The molecule has 1 aromatic heterocycles. The van der Waals surface area contributed by atoms with E-state index in [4.69, 9.17) is 15.1 Å². The first-order chi connectivity index (χ1) is 13.7. The van der Waals surface area contributed by atoms with Crippen LogP contribution in [0.25, 0.3) is 28.2 Å². The van der Waals surface area contributed by atoms with Gasteiger partial charge in [-0.2, -0.15) is 10.4 Å². The summed E-state index contributed by atoms with van der Waals surface area (Å²) in [6.45, 7) is 0. The van der Waals surface area contributed by atoms with Crippen LogP contribution in [0.1, 0.15) is 5.56 Å². The second-order valence-corrected chi connectivity index (χ2v) is 6.22. The Morgan fingerprint density at radius 2 is 1.64 bits per heavy atom. The predicted molar refractivity (Wildman–Crippen MR) is 106 cm³/mol. The van der Waals surface area contributed by atoms with E-state index in [1.807, 2.05) is 47.1 Å². The van der Waals surface area contributed by atoms with Crippen LogP contribution in [0.2, 0.25) is 0 Å². The zero-order chi connectivity index (χ0) is 19.5. The van der Waals surface area contributed by atoms with E-state index in [0.717, 1.165) is 34.0 Å². The van der Waals surface area contributed by atoms with Crippen molar-refractivity contribution in [1.29, 1.82) is 5.26 Å². The maximum atomic E-state index is 13.4. The molecular weight excluding hydrogens is 353 g/mol. The number of halogens is 1. The Kier molecular flexibility index (Phi) is 4.61. The number of benzene rings is 3. The third-order valence-corrected chi connectivity index (χ3v) is 4.46. The molecule has 0 atom stereocenters. The Balaban J connectivity index is 1.88. The molecule has 0 spiro atoms. The van der Waals surface area contributed by atoms with E-state index < -0.39 is 0 Å². The molecule has 0 bridgehead atoms. The maximum Gasteiger partial charge on any atom is 0.123 e. The van der Waals surface area contributed by atoms with Gasteiger partial charge in [-0.05, 0) is 54.6 Å². The topological polar surface area (TPSA) is 50.8 Å². The van der Waals surface area contributed by atoms with E-state index in [0.29, 0.717) is 5.56 Å². The number of hydrogen-bond acceptors (Lipinski definition) is 3. The number of nitriles is 1. The van der Waals surface area contributed by atoms with Gasteiger partial charge in [-0.3, -0.25) is 0 Å². The van der Waals surface area contributed by atoms with Crippen molar-refractivity contribution in [3.05, 3.63) is 90.2 Å². The molecule has 28 heavy (non-hydrogen) atoms. The average molecular weight is 369 g/mol. The first-order valence-corrected chi connectivity index (χ1v) is 8.69. The van der Waals surface area contributed by atoms with E-state index >= 15 is 0 Å². The molecular formula is C23H16FN3O. The molecule has 0 fully saturated rings. The van der Waals surface area contributed by atoms with Gasteiger partial charge >= 0.3 is 0 Å². The molecule has 0 aliphatic heterocycles. The largest absolute Gasteiger partial charge is 0.497 e. The van der Waals surface area contributed by atoms with Crippen LogP contribution in [0.4, 0.5) is 4.39 Å². The van der Waals surface area contributed by atoms with Gasteiger partial charge in [0.1, 0.15) is 11.6 Å². The van der Waals surface area contributed by atoms with Gasteiger partial charge in [-0.15, -0.1) is 0 Å². The van der Waals surface area contributed by atoms with Gasteiger partial charge in [0, 0.05) is 17.2 Å². The van der Waals surface area contributed by atoms with Crippen LogP contribution in [0.15, 0.2) is 78.9 Å². The summed E-state index contributed by atoms with van der Waals surface area (Å²) in [6, 6.07) is 25.2. The summed E-state index contributed by atoms with van der Waals surface area (Å²) in [5, 5.41) is 13.8. The lowest BCUT2D eigenvalue weighted by atomic mass is 10.1. The lowest BCUT2D eigenvalue weighted by Gasteiger charge is -2.09. The summed E-state index contributed by atoms with van der Waals surface area (Å²) in [5.74, 6) is 0.432. The fraction of sp³-hybridized carbons (Fsp3) is 0.0435. The summed E-state index contributed by atoms with van der Waals surface area (Å²) in [5.41, 5.74) is 4.74. The SMILES string of the molecule is COc1cccc(-n2nc(-c3ccc(C#N)cc3)cc2-c2ccc(F)cc2)c1. The Bertz CT molecular complexity index is 1160. The van der Waals surface area contributed by atoms with Crippen molar-refractivity contribution in [3.8, 4) is 40.0 Å². The minimum atomic E-state index is -0.288. The lowest BCUT2D eigenvalue weighted by Crippen LogP contribution is -2.00. The highest BCUT2D eigenvalue weighted by molar-refractivity contribution is 5.71. The average Bonchev–Trinajstić information content (AvgIpc) is 3.20.